The standard InChI is InChI=1S/C26H30N4O4S/c1-15(2)23(30-24(31)18-12-20(33-5)14-21(13-18)34-6)25(32)29-19-7-9-22(10-8-19)35-26-27-16(3)11-17(4)28-26/h7-15,23H,1-6H3,(H,29,32)(H,30,31). The number of anilines is 1. The molecule has 0 aliphatic heterocycles. The van der Waals surface area contributed by atoms with Crippen molar-refractivity contribution in [3.05, 3.63) is 65.5 Å². The van der Waals surface area contributed by atoms with Crippen LogP contribution < -0.4 is 20.1 Å². The Labute approximate surface area is 209 Å². The summed E-state index contributed by atoms with van der Waals surface area (Å²) < 4.78 is 10.5. The quantitative estimate of drug-likeness (QED) is 0.417. The van der Waals surface area contributed by atoms with Crippen LogP contribution in [0.1, 0.15) is 35.6 Å². The zero-order valence-electron chi connectivity index (χ0n) is 20.7. The lowest BCUT2D eigenvalue weighted by Crippen LogP contribution is -2.47. The molecule has 1 unspecified atom stereocenters. The van der Waals surface area contributed by atoms with Crippen molar-refractivity contribution in [3.8, 4) is 11.5 Å². The van der Waals surface area contributed by atoms with Gasteiger partial charge in [0.05, 0.1) is 14.2 Å². The van der Waals surface area contributed by atoms with Gasteiger partial charge in [-0.2, -0.15) is 0 Å². The molecule has 0 bridgehead atoms. The largest absolute Gasteiger partial charge is 0.497 e. The number of hydrogen-bond acceptors (Lipinski definition) is 7. The van der Waals surface area contributed by atoms with Crippen molar-refractivity contribution in [2.75, 3.05) is 19.5 Å². The fraction of sp³-hybridized carbons (Fsp3) is 0.308. The van der Waals surface area contributed by atoms with Crippen molar-refractivity contribution < 1.29 is 19.1 Å². The Morgan fingerprint density at radius 2 is 1.46 bits per heavy atom. The number of benzene rings is 2. The van der Waals surface area contributed by atoms with Crippen molar-refractivity contribution in [2.45, 2.75) is 43.8 Å². The first-order valence-corrected chi connectivity index (χ1v) is 11.9. The molecule has 3 aromatic rings. The highest BCUT2D eigenvalue weighted by Crippen LogP contribution is 2.27. The maximum atomic E-state index is 13.0. The fourth-order valence-electron chi connectivity index (χ4n) is 3.37. The third-order valence-corrected chi connectivity index (χ3v) is 6.02. The minimum atomic E-state index is -0.739. The molecule has 0 radical (unpaired) electrons. The molecular weight excluding hydrogens is 464 g/mol. The van der Waals surface area contributed by atoms with E-state index >= 15 is 0 Å². The molecule has 0 spiro atoms. The predicted molar refractivity (Wildman–Crippen MR) is 136 cm³/mol. The molecule has 2 aromatic carbocycles. The number of rotatable bonds is 9. The van der Waals surface area contributed by atoms with Gasteiger partial charge < -0.3 is 20.1 Å². The van der Waals surface area contributed by atoms with Gasteiger partial charge in [-0.05, 0) is 74.0 Å². The molecule has 9 heteroatoms. The van der Waals surface area contributed by atoms with Crippen molar-refractivity contribution in [2.24, 2.45) is 5.92 Å². The van der Waals surface area contributed by atoms with Crippen LogP contribution >= 0.6 is 11.8 Å². The average Bonchev–Trinajstić information content (AvgIpc) is 2.82. The van der Waals surface area contributed by atoms with Gasteiger partial charge in [-0.1, -0.05) is 13.8 Å². The maximum absolute atomic E-state index is 13.0. The zero-order chi connectivity index (χ0) is 25.5. The summed E-state index contributed by atoms with van der Waals surface area (Å²) >= 11 is 1.45. The van der Waals surface area contributed by atoms with Gasteiger partial charge in [0.1, 0.15) is 17.5 Å². The Balaban J connectivity index is 1.68. The summed E-state index contributed by atoms with van der Waals surface area (Å²) in [5.74, 6) is 0.147. The first-order chi connectivity index (χ1) is 16.7. The van der Waals surface area contributed by atoms with E-state index in [1.54, 1.807) is 18.2 Å². The minimum absolute atomic E-state index is 0.136. The smallest absolute Gasteiger partial charge is 0.252 e. The van der Waals surface area contributed by atoms with Gasteiger partial charge >= 0.3 is 0 Å². The second-order valence-corrected chi connectivity index (χ2v) is 9.39. The molecule has 35 heavy (non-hydrogen) atoms. The molecular formula is C26H30N4O4S. The molecule has 0 fully saturated rings. The number of methoxy groups -OCH3 is 2. The summed E-state index contributed by atoms with van der Waals surface area (Å²) in [6.07, 6.45) is 0. The number of carbonyl (C=O) groups is 2. The maximum Gasteiger partial charge on any atom is 0.252 e. The highest BCUT2D eigenvalue weighted by atomic mass is 32.2. The van der Waals surface area contributed by atoms with E-state index in [1.807, 2.05) is 58.0 Å². The van der Waals surface area contributed by atoms with Crippen LogP contribution in [0.25, 0.3) is 0 Å². The van der Waals surface area contributed by atoms with Gasteiger partial charge in [0, 0.05) is 33.6 Å². The number of carbonyl (C=O) groups excluding carboxylic acids is 2. The molecule has 0 saturated carbocycles. The van der Waals surface area contributed by atoms with E-state index < -0.39 is 11.9 Å². The average molecular weight is 495 g/mol. The lowest BCUT2D eigenvalue weighted by atomic mass is 10.0. The number of amides is 2. The van der Waals surface area contributed by atoms with E-state index in [1.165, 1.54) is 26.0 Å². The van der Waals surface area contributed by atoms with E-state index in [-0.39, 0.29) is 11.8 Å². The van der Waals surface area contributed by atoms with E-state index in [4.69, 9.17) is 9.47 Å². The molecule has 0 aliphatic carbocycles. The van der Waals surface area contributed by atoms with Gasteiger partial charge in [0.2, 0.25) is 5.91 Å². The molecule has 1 aromatic heterocycles. The molecule has 184 valence electrons. The number of nitrogens with zero attached hydrogens (tertiary/aromatic N) is 2. The van der Waals surface area contributed by atoms with Crippen LogP contribution in [-0.4, -0.2) is 42.0 Å². The molecule has 8 nitrogen and oxygen atoms in total. The van der Waals surface area contributed by atoms with Crippen LogP contribution in [0.2, 0.25) is 0 Å². The van der Waals surface area contributed by atoms with Crippen LogP contribution in [0.5, 0.6) is 11.5 Å². The summed E-state index contributed by atoms with van der Waals surface area (Å²) in [6.45, 7) is 7.62. The predicted octanol–water partition coefficient (Wildman–Crippen LogP) is 4.65. The van der Waals surface area contributed by atoms with Gasteiger partial charge in [0.25, 0.3) is 5.91 Å². The number of hydrogen-bond donors (Lipinski definition) is 2. The number of ether oxygens (including phenoxy) is 2. The van der Waals surface area contributed by atoms with E-state index in [0.29, 0.717) is 27.9 Å². The minimum Gasteiger partial charge on any atom is -0.497 e. The molecule has 0 aliphatic rings. The van der Waals surface area contributed by atoms with E-state index in [9.17, 15) is 9.59 Å². The normalized spacial score (nSPS) is 11.6. The molecule has 1 atom stereocenters. The fourth-order valence-corrected chi connectivity index (χ4v) is 4.23. The Morgan fingerprint density at radius 3 is 1.97 bits per heavy atom. The number of aryl methyl sites for hydroxylation is 2. The molecule has 2 amide bonds. The van der Waals surface area contributed by atoms with Crippen molar-refractivity contribution >= 4 is 29.3 Å². The summed E-state index contributed by atoms with van der Waals surface area (Å²) in [7, 11) is 3.03. The first-order valence-electron chi connectivity index (χ1n) is 11.1. The van der Waals surface area contributed by atoms with E-state index in [0.717, 1.165) is 16.3 Å². The first kappa shape index (κ1) is 26.0. The topological polar surface area (TPSA) is 102 Å². The van der Waals surface area contributed by atoms with Crippen molar-refractivity contribution in [1.82, 2.24) is 15.3 Å². The molecule has 0 saturated heterocycles. The molecule has 3 rings (SSSR count). The van der Waals surface area contributed by atoms with Crippen LogP contribution in [0.3, 0.4) is 0 Å². The van der Waals surface area contributed by atoms with Gasteiger partial charge in [-0.15, -0.1) is 0 Å². The van der Waals surface area contributed by atoms with Crippen LogP contribution in [0.4, 0.5) is 5.69 Å². The third-order valence-electron chi connectivity index (χ3n) is 5.14. The summed E-state index contributed by atoms with van der Waals surface area (Å²) in [5.41, 5.74) is 2.80. The van der Waals surface area contributed by atoms with Crippen LogP contribution in [-0.2, 0) is 4.79 Å². The Kier molecular flexibility index (Phi) is 8.70. The molecule has 2 N–H and O–H groups in total. The summed E-state index contributed by atoms with van der Waals surface area (Å²) in [5, 5.41) is 6.40. The summed E-state index contributed by atoms with van der Waals surface area (Å²) in [4.78, 5) is 35.8. The highest BCUT2D eigenvalue weighted by molar-refractivity contribution is 7.99. The van der Waals surface area contributed by atoms with Gasteiger partial charge in [-0.3, -0.25) is 9.59 Å². The Hall–Kier alpha value is -3.59. The second kappa shape index (κ2) is 11.7. The molecule has 1 heterocycles. The number of nitrogens with one attached hydrogen (secondary N) is 2. The van der Waals surface area contributed by atoms with Gasteiger partial charge in [-0.25, -0.2) is 9.97 Å². The lowest BCUT2D eigenvalue weighted by Gasteiger charge is -2.22. The highest BCUT2D eigenvalue weighted by Gasteiger charge is 2.25. The second-order valence-electron chi connectivity index (χ2n) is 8.35. The van der Waals surface area contributed by atoms with Crippen LogP contribution in [0, 0.1) is 19.8 Å². The third kappa shape index (κ3) is 7.19. The van der Waals surface area contributed by atoms with E-state index in [2.05, 4.69) is 20.6 Å². The lowest BCUT2D eigenvalue weighted by molar-refractivity contribution is -0.118. The number of aromatic nitrogens is 2. The zero-order valence-corrected chi connectivity index (χ0v) is 21.5. The van der Waals surface area contributed by atoms with Crippen molar-refractivity contribution in [3.63, 3.8) is 0 Å². The SMILES string of the molecule is COc1cc(OC)cc(C(=O)NC(C(=O)Nc2ccc(Sc3nc(C)cc(C)n3)cc2)C(C)C)c1. The van der Waals surface area contributed by atoms with Crippen molar-refractivity contribution in [1.29, 1.82) is 0 Å². The Bertz CT molecular complexity index is 1160. The van der Waals surface area contributed by atoms with Gasteiger partial charge in [0.15, 0.2) is 5.16 Å². The monoisotopic (exact) mass is 494 g/mol. The summed E-state index contributed by atoms with van der Waals surface area (Å²) in [6, 6.07) is 13.5. The Morgan fingerprint density at radius 1 is 0.886 bits per heavy atom. The van der Waals surface area contributed by atoms with Crippen LogP contribution in [0.15, 0.2) is 58.6 Å².